The summed E-state index contributed by atoms with van der Waals surface area (Å²) in [6.45, 7) is 2.57. The minimum atomic E-state index is -4.85. The van der Waals surface area contributed by atoms with Crippen molar-refractivity contribution in [1.82, 2.24) is 15.5 Å². The highest BCUT2D eigenvalue weighted by molar-refractivity contribution is 6.01. The topological polar surface area (TPSA) is 115 Å². The standard InChI is InChI=1S/C24H27F4N5O4/c1-13-8-16(19(25)22(35)30-13)21(34)31-15-2-3-33(12-15)20-17(23(36)32-4-6-37-7-5-32)9-14(11-29)10-18(20)24(26,27)28/h9-10,13,15-16,19H,2-8,12H2,1H3,(H,30,35)(H,31,34)/t13?,15-,16?,19?/m1/s1. The third-order valence-corrected chi connectivity index (χ3v) is 6.86. The number of rotatable bonds is 4. The van der Waals surface area contributed by atoms with E-state index in [2.05, 4.69) is 10.6 Å². The molecule has 0 bridgehead atoms. The summed E-state index contributed by atoms with van der Waals surface area (Å²) in [6.07, 6.45) is -6.51. The number of carbonyl (C=O) groups is 3. The molecular formula is C24H27F4N5O4. The van der Waals surface area contributed by atoms with E-state index in [0.717, 1.165) is 6.07 Å². The number of ether oxygens (including phenoxy) is 1. The molecule has 0 radical (unpaired) electrons. The zero-order chi connectivity index (χ0) is 26.9. The fourth-order valence-corrected chi connectivity index (χ4v) is 5.05. The lowest BCUT2D eigenvalue weighted by Gasteiger charge is -2.31. The molecule has 1 aromatic carbocycles. The first-order valence-electron chi connectivity index (χ1n) is 12.0. The molecule has 3 aliphatic rings. The van der Waals surface area contributed by atoms with E-state index >= 15 is 0 Å². The van der Waals surface area contributed by atoms with E-state index < -0.39 is 53.6 Å². The summed E-state index contributed by atoms with van der Waals surface area (Å²) < 4.78 is 62.0. The fourth-order valence-electron chi connectivity index (χ4n) is 5.05. The summed E-state index contributed by atoms with van der Waals surface area (Å²) in [5, 5.41) is 14.4. The first-order chi connectivity index (χ1) is 17.5. The Bertz CT molecular complexity index is 1120. The molecule has 1 aromatic rings. The van der Waals surface area contributed by atoms with Crippen LogP contribution in [-0.4, -0.2) is 80.3 Å². The average molecular weight is 526 g/mol. The molecule has 0 aromatic heterocycles. The van der Waals surface area contributed by atoms with Crippen molar-refractivity contribution in [3.05, 3.63) is 28.8 Å². The van der Waals surface area contributed by atoms with Gasteiger partial charge >= 0.3 is 6.18 Å². The van der Waals surface area contributed by atoms with E-state index in [1.165, 1.54) is 9.80 Å². The average Bonchev–Trinajstić information content (AvgIpc) is 3.32. The maximum Gasteiger partial charge on any atom is 0.418 e. The van der Waals surface area contributed by atoms with Crippen molar-refractivity contribution < 1.29 is 36.7 Å². The molecule has 13 heteroatoms. The molecule has 3 fully saturated rings. The molecule has 2 N–H and O–H groups in total. The number of alkyl halides is 4. The molecule has 37 heavy (non-hydrogen) atoms. The van der Waals surface area contributed by atoms with E-state index in [4.69, 9.17) is 4.74 Å². The number of nitrogens with one attached hydrogen (secondary N) is 2. The number of amides is 3. The van der Waals surface area contributed by atoms with Gasteiger partial charge in [0, 0.05) is 38.3 Å². The van der Waals surface area contributed by atoms with E-state index in [1.54, 1.807) is 13.0 Å². The Hall–Kier alpha value is -3.40. The second kappa shape index (κ2) is 10.5. The molecule has 4 rings (SSSR count). The summed E-state index contributed by atoms with van der Waals surface area (Å²) in [5.41, 5.74) is -2.01. The summed E-state index contributed by atoms with van der Waals surface area (Å²) >= 11 is 0. The van der Waals surface area contributed by atoms with Crippen LogP contribution >= 0.6 is 0 Å². The Balaban J connectivity index is 1.61. The van der Waals surface area contributed by atoms with Crippen LogP contribution in [0.1, 0.15) is 41.3 Å². The highest BCUT2D eigenvalue weighted by atomic mass is 19.4. The molecule has 9 nitrogen and oxygen atoms in total. The van der Waals surface area contributed by atoms with Gasteiger partial charge in [-0.05, 0) is 31.9 Å². The molecule has 0 aliphatic carbocycles. The minimum absolute atomic E-state index is 0.0600. The molecule has 0 spiro atoms. The molecule has 3 heterocycles. The fraction of sp³-hybridized carbons (Fsp3) is 0.583. The van der Waals surface area contributed by atoms with Crippen LogP contribution in [0.5, 0.6) is 0 Å². The maximum atomic E-state index is 14.4. The van der Waals surface area contributed by atoms with Crippen molar-refractivity contribution in [2.24, 2.45) is 5.92 Å². The molecule has 4 atom stereocenters. The Kier molecular flexibility index (Phi) is 7.59. The Labute approximate surface area is 210 Å². The molecule has 0 saturated carbocycles. The second-order valence-corrected chi connectivity index (χ2v) is 9.53. The number of morpholine rings is 1. The lowest BCUT2D eigenvalue weighted by atomic mass is 9.90. The smallest absolute Gasteiger partial charge is 0.378 e. The van der Waals surface area contributed by atoms with E-state index in [9.17, 15) is 37.2 Å². The van der Waals surface area contributed by atoms with Gasteiger partial charge in [-0.25, -0.2) is 4.39 Å². The summed E-state index contributed by atoms with van der Waals surface area (Å²) in [7, 11) is 0. The third-order valence-electron chi connectivity index (χ3n) is 6.86. The van der Waals surface area contributed by atoms with Crippen LogP contribution in [0, 0.1) is 17.2 Å². The monoisotopic (exact) mass is 525 g/mol. The van der Waals surface area contributed by atoms with Crippen LogP contribution in [0.4, 0.5) is 23.2 Å². The summed E-state index contributed by atoms with van der Waals surface area (Å²) in [6, 6.07) is 2.56. The van der Waals surface area contributed by atoms with Gasteiger partial charge in [-0.15, -0.1) is 0 Å². The third kappa shape index (κ3) is 5.64. The van der Waals surface area contributed by atoms with Gasteiger partial charge in [0.1, 0.15) is 0 Å². The quantitative estimate of drug-likeness (QED) is 0.578. The number of piperidine rings is 1. The Morgan fingerprint density at radius 2 is 1.92 bits per heavy atom. The van der Waals surface area contributed by atoms with E-state index in [-0.39, 0.29) is 69.0 Å². The van der Waals surface area contributed by atoms with Gasteiger partial charge in [0.2, 0.25) is 5.91 Å². The molecular weight excluding hydrogens is 498 g/mol. The minimum Gasteiger partial charge on any atom is -0.378 e. The van der Waals surface area contributed by atoms with Crippen molar-refractivity contribution in [2.75, 3.05) is 44.3 Å². The van der Waals surface area contributed by atoms with Gasteiger partial charge in [-0.3, -0.25) is 14.4 Å². The van der Waals surface area contributed by atoms with Gasteiger partial charge < -0.3 is 25.2 Å². The van der Waals surface area contributed by atoms with E-state index in [0.29, 0.717) is 6.07 Å². The second-order valence-electron chi connectivity index (χ2n) is 9.53. The Morgan fingerprint density at radius 1 is 1.22 bits per heavy atom. The van der Waals surface area contributed by atoms with Crippen molar-refractivity contribution in [2.45, 2.75) is 44.2 Å². The number of anilines is 1. The number of carbonyl (C=O) groups excluding carboxylic acids is 3. The highest BCUT2D eigenvalue weighted by Crippen LogP contribution is 2.41. The first-order valence-corrected chi connectivity index (χ1v) is 12.0. The maximum absolute atomic E-state index is 14.4. The zero-order valence-electron chi connectivity index (χ0n) is 20.1. The van der Waals surface area contributed by atoms with Crippen LogP contribution in [0.2, 0.25) is 0 Å². The molecule has 3 saturated heterocycles. The number of benzene rings is 1. The predicted molar refractivity (Wildman–Crippen MR) is 122 cm³/mol. The predicted octanol–water partition coefficient (Wildman–Crippen LogP) is 1.61. The zero-order valence-corrected chi connectivity index (χ0v) is 20.1. The van der Waals surface area contributed by atoms with Crippen molar-refractivity contribution in [3.8, 4) is 6.07 Å². The van der Waals surface area contributed by atoms with Crippen LogP contribution in [0.15, 0.2) is 12.1 Å². The molecule has 3 amide bonds. The Morgan fingerprint density at radius 3 is 2.57 bits per heavy atom. The largest absolute Gasteiger partial charge is 0.418 e. The van der Waals surface area contributed by atoms with Crippen LogP contribution in [0.3, 0.4) is 0 Å². The SMILES string of the molecule is CC1CC(C(=O)N[C@@H]2CCN(c3c(C(=O)N4CCOCC4)cc(C#N)cc3C(F)(F)F)C2)C(F)C(=O)N1. The van der Waals surface area contributed by atoms with Crippen molar-refractivity contribution >= 4 is 23.4 Å². The molecule has 200 valence electrons. The highest BCUT2D eigenvalue weighted by Gasteiger charge is 2.43. The van der Waals surface area contributed by atoms with Gasteiger partial charge in [-0.2, -0.15) is 18.4 Å². The van der Waals surface area contributed by atoms with Crippen LogP contribution < -0.4 is 15.5 Å². The van der Waals surface area contributed by atoms with Crippen molar-refractivity contribution in [1.29, 1.82) is 5.26 Å². The normalized spacial score (nSPS) is 26.4. The van der Waals surface area contributed by atoms with Crippen LogP contribution in [0.25, 0.3) is 0 Å². The summed E-state index contributed by atoms with van der Waals surface area (Å²) in [4.78, 5) is 40.6. The summed E-state index contributed by atoms with van der Waals surface area (Å²) in [5.74, 6) is -3.39. The number of hydrogen-bond donors (Lipinski definition) is 2. The number of nitriles is 1. The lowest BCUT2D eigenvalue weighted by Crippen LogP contribution is -2.54. The number of nitrogens with zero attached hydrogens (tertiary/aromatic N) is 3. The van der Waals surface area contributed by atoms with Gasteiger partial charge in [0.05, 0.1) is 47.6 Å². The van der Waals surface area contributed by atoms with Crippen molar-refractivity contribution in [3.63, 3.8) is 0 Å². The van der Waals surface area contributed by atoms with Crippen LogP contribution in [-0.2, 0) is 20.5 Å². The number of hydrogen-bond acceptors (Lipinski definition) is 6. The van der Waals surface area contributed by atoms with Gasteiger partial charge in [0.25, 0.3) is 11.8 Å². The van der Waals surface area contributed by atoms with Gasteiger partial charge in [-0.1, -0.05) is 0 Å². The van der Waals surface area contributed by atoms with Gasteiger partial charge in [0.15, 0.2) is 6.17 Å². The molecule has 3 aliphatic heterocycles. The lowest BCUT2D eigenvalue weighted by molar-refractivity contribution is -0.140. The van der Waals surface area contributed by atoms with E-state index in [1.807, 2.05) is 0 Å². The molecule has 3 unspecified atom stereocenters. The first kappa shape index (κ1) is 26.7. The number of halogens is 4.